The summed E-state index contributed by atoms with van der Waals surface area (Å²) in [6, 6.07) is 5.55. The van der Waals surface area contributed by atoms with E-state index in [2.05, 4.69) is 17.1 Å². The van der Waals surface area contributed by atoms with Crippen LogP contribution in [0.2, 0.25) is 5.02 Å². The zero-order chi connectivity index (χ0) is 13.4. The van der Waals surface area contributed by atoms with E-state index in [1.165, 1.54) is 0 Å². The molecule has 1 fully saturated rings. The van der Waals surface area contributed by atoms with E-state index in [1.54, 1.807) is 6.20 Å². The van der Waals surface area contributed by atoms with Gasteiger partial charge in [-0.15, -0.1) is 0 Å². The molecule has 2 N–H and O–H groups in total. The molecule has 1 aromatic carbocycles. The molecule has 0 saturated carbocycles. The lowest BCUT2D eigenvalue weighted by atomic mass is 10.1. The molecule has 1 saturated heterocycles. The molecule has 6 heteroatoms. The van der Waals surface area contributed by atoms with Gasteiger partial charge >= 0.3 is 0 Å². The van der Waals surface area contributed by atoms with Crippen molar-refractivity contribution in [3.8, 4) is 16.9 Å². The van der Waals surface area contributed by atoms with Gasteiger partial charge in [-0.1, -0.05) is 22.8 Å². The van der Waals surface area contributed by atoms with Gasteiger partial charge in [0.25, 0.3) is 0 Å². The van der Waals surface area contributed by atoms with Gasteiger partial charge < -0.3 is 15.0 Å². The molecule has 0 atom stereocenters. The Morgan fingerprint density at radius 2 is 2.26 bits per heavy atom. The SMILES string of the molecule is CN1CC(Oc2ccc(-c3cnoc3N)cc2Cl)C1. The lowest BCUT2D eigenvalue weighted by Crippen LogP contribution is -2.51. The molecule has 0 spiro atoms. The Morgan fingerprint density at radius 1 is 1.47 bits per heavy atom. The highest BCUT2D eigenvalue weighted by Crippen LogP contribution is 2.33. The van der Waals surface area contributed by atoms with E-state index in [1.807, 2.05) is 18.2 Å². The fraction of sp³-hybridized carbons (Fsp3) is 0.308. The van der Waals surface area contributed by atoms with E-state index in [0.29, 0.717) is 10.8 Å². The minimum atomic E-state index is 0.217. The summed E-state index contributed by atoms with van der Waals surface area (Å²) in [7, 11) is 2.05. The number of hydrogen-bond donors (Lipinski definition) is 1. The van der Waals surface area contributed by atoms with Crippen LogP contribution in [0.25, 0.3) is 11.1 Å². The van der Waals surface area contributed by atoms with Crippen LogP contribution < -0.4 is 10.5 Å². The molecule has 0 aliphatic carbocycles. The van der Waals surface area contributed by atoms with Crippen molar-refractivity contribution in [1.29, 1.82) is 0 Å². The van der Waals surface area contributed by atoms with Crippen LogP contribution in [-0.4, -0.2) is 36.3 Å². The Kier molecular flexibility index (Phi) is 3.08. The summed E-state index contributed by atoms with van der Waals surface area (Å²) in [5, 5.41) is 4.21. The number of likely N-dealkylation sites (tertiary alicyclic amines) is 1. The van der Waals surface area contributed by atoms with Gasteiger partial charge in [-0.2, -0.15) is 0 Å². The predicted octanol–water partition coefficient (Wildman–Crippen LogP) is 2.27. The third-order valence-corrected chi connectivity index (χ3v) is 3.46. The van der Waals surface area contributed by atoms with Crippen LogP contribution in [0.5, 0.6) is 5.75 Å². The van der Waals surface area contributed by atoms with Crippen LogP contribution in [0.3, 0.4) is 0 Å². The first-order valence-corrected chi connectivity index (χ1v) is 6.36. The molecule has 19 heavy (non-hydrogen) atoms. The minimum absolute atomic E-state index is 0.217. The number of rotatable bonds is 3. The van der Waals surface area contributed by atoms with E-state index in [-0.39, 0.29) is 12.0 Å². The van der Waals surface area contributed by atoms with Gasteiger partial charge in [-0.25, -0.2) is 0 Å². The van der Waals surface area contributed by atoms with Crippen LogP contribution in [-0.2, 0) is 0 Å². The van der Waals surface area contributed by atoms with Gasteiger partial charge in [0.1, 0.15) is 11.9 Å². The molecule has 1 aliphatic heterocycles. The van der Waals surface area contributed by atoms with E-state index >= 15 is 0 Å². The zero-order valence-electron chi connectivity index (χ0n) is 10.5. The second kappa shape index (κ2) is 4.75. The summed E-state index contributed by atoms with van der Waals surface area (Å²) in [6.07, 6.45) is 1.79. The van der Waals surface area contributed by atoms with E-state index in [9.17, 15) is 0 Å². The van der Waals surface area contributed by atoms with Gasteiger partial charge in [0, 0.05) is 13.1 Å². The molecule has 1 aliphatic rings. The number of hydrogen-bond acceptors (Lipinski definition) is 5. The molecule has 1 aromatic heterocycles. The maximum atomic E-state index is 6.23. The molecular weight excluding hydrogens is 266 g/mol. The van der Waals surface area contributed by atoms with Gasteiger partial charge in [0.05, 0.1) is 16.8 Å². The van der Waals surface area contributed by atoms with Crippen molar-refractivity contribution in [1.82, 2.24) is 10.1 Å². The van der Waals surface area contributed by atoms with Crippen LogP contribution in [0.4, 0.5) is 5.88 Å². The Bertz CT molecular complexity index is 593. The second-order valence-corrected chi connectivity index (χ2v) is 5.12. The first-order chi connectivity index (χ1) is 9.13. The van der Waals surface area contributed by atoms with Crippen molar-refractivity contribution in [2.45, 2.75) is 6.10 Å². The molecule has 0 amide bonds. The number of anilines is 1. The van der Waals surface area contributed by atoms with Gasteiger partial charge in [0.2, 0.25) is 5.88 Å². The summed E-state index contributed by atoms with van der Waals surface area (Å²) in [4.78, 5) is 2.19. The normalized spacial score (nSPS) is 16.3. The van der Waals surface area contributed by atoms with Crippen molar-refractivity contribution >= 4 is 17.5 Å². The highest BCUT2D eigenvalue weighted by atomic mass is 35.5. The average molecular weight is 280 g/mol. The fourth-order valence-corrected chi connectivity index (χ4v) is 2.35. The van der Waals surface area contributed by atoms with E-state index in [0.717, 1.165) is 24.2 Å². The lowest BCUT2D eigenvalue weighted by molar-refractivity contribution is 0.0389. The molecule has 0 bridgehead atoms. The largest absolute Gasteiger partial charge is 0.486 e. The number of nitrogen functional groups attached to an aromatic ring is 1. The third-order valence-electron chi connectivity index (χ3n) is 3.17. The van der Waals surface area contributed by atoms with Crippen molar-refractivity contribution in [3.05, 3.63) is 29.4 Å². The molecule has 2 heterocycles. The Morgan fingerprint density at radius 3 is 2.84 bits per heavy atom. The number of likely N-dealkylation sites (N-methyl/N-ethyl adjacent to an activating group) is 1. The quantitative estimate of drug-likeness (QED) is 0.934. The van der Waals surface area contributed by atoms with E-state index in [4.69, 9.17) is 26.6 Å². The summed E-state index contributed by atoms with van der Waals surface area (Å²) in [5.41, 5.74) is 7.27. The fourth-order valence-electron chi connectivity index (χ4n) is 2.13. The summed E-state index contributed by atoms with van der Waals surface area (Å²) in [6.45, 7) is 1.85. The first kappa shape index (κ1) is 12.3. The van der Waals surface area contributed by atoms with Crippen molar-refractivity contribution in [3.63, 3.8) is 0 Å². The van der Waals surface area contributed by atoms with Gasteiger partial charge in [-0.3, -0.25) is 4.90 Å². The number of nitrogens with two attached hydrogens (primary N) is 1. The van der Waals surface area contributed by atoms with Crippen LogP contribution in [0.1, 0.15) is 0 Å². The lowest BCUT2D eigenvalue weighted by Gasteiger charge is -2.36. The molecule has 0 radical (unpaired) electrons. The second-order valence-electron chi connectivity index (χ2n) is 4.71. The van der Waals surface area contributed by atoms with Crippen LogP contribution in [0, 0.1) is 0 Å². The maximum Gasteiger partial charge on any atom is 0.229 e. The molecule has 5 nitrogen and oxygen atoms in total. The monoisotopic (exact) mass is 279 g/mol. The van der Waals surface area contributed by atoms with Crippen molar-refractivity contribution in [2.75, 3.05) is 25.9 Å². The molecular formula is C13H14ClN3O2. The van der Waals surface area contributed by atoms with Crippen molar-refractivity contribution < 1.29 is 9.26 Å². The van der Waals surface area contributed by atoms with Crippen LogP contribution in [0.15, 0.2) is 28.9 Å². The minimum Gasteiger partial charge on any atom is -0.486 e. The van der Waals surface area contributed by atoms with Gasteiger partial charge in [0.15, 0.2) is 0 Å². The molecule has 0 unspecified atom stereocenters. The number of ether oxygens (including phenoxy) is 1. The predicted molar refractivity (Wildman–Crippen MR) is 73.3 cm³/mol. The molecule has 2 aromatic rings. The number of halogens is 1. The van der Waals surface area contributed by atoms with E-state index < -0.39 is 0 Å². The summed E-state index contributed by atoms with van der Waals surface area (Å²) < 4.78 is 10.6. The highest BCUT2D eigenvalue weighted by molar-refractivity contribution is 6.32. The first-order valence-electron chi connectivity index (χ1n) is 5.99. The zero-order valence-corrected chi connectivity index (χ0v) is 11.2. The van der Waals surface area contributed by atoms with Crippen LogP contribution >= 0.6 is 11.6 Å². The average Bonchev–Trinajstić information content (AvgIpc) is 2.76. The molecule has 100 valence electrons. The number of benzene rings is 1. The molecule has 3 rings (SSSR count). The Hall–Kier alpha value is -1.72. The summed E-state index contributed by atoms with van der Waals surface area (Å²) >= 11 is 6.23. The summed E-state index contributed by atoms with van der Waals surface area (Å²) in [5.74, 6) is 0.976. The number of aromatic nitrogens is 1. The Balaban J connectivity index is 1.80. The highest BCUT2D eigenvalue weighted by Gasteiger charge is 2.25. The standard InChI is InChI=1S/C13H14ClN3O2/c1-17-6-9(7-17)18-12-3-2-8(4-11(12)14)10-5-16-19-13(10)15/h2-5,9H,6-7,15H2,1H3. The van der Waals surface area contributed by atoms with Crippen molar-refractivity contribution in [2.24, 2.45) is 0 Å². The maximum absolute atomic E-state index is 6.23. The topological polar surface area (TPSA) is 64.5 Å². The third kappa shape index (κ3) is 2.39. The smallest absolute Gasteiger partial charge is 0.229 e. The number of nitrogens with zero attached hydrogens (tertiary/aromatic N) is 2. The Labute approximate surface area is 115 Å². The van der Waals surface area contributed by atoms with Gasteiger partial charge in [-0.05, 0) is 24.7 Å².